The molecule has 18 heavy (non-hydrogen) atoms. The van der Waals surface area contributed by atoms with E-state index in [0.29, 0.717) is 12.3 Å². The molecule has 0 radical (unpaired) electrons. The van der Waals surface area contributed by atoms with Crippen molar-refractivity contribution < 1.29 is 4.79 Å². The topological polar surface area (TPSA) is 49.6 Å². The molecule has 2 aliphatic rings. The fourth-order valence-corrected chi connectivity index (χ4v) is 2.91. The minimum atomic E-state index is 0.0802. The molecule has 1 unspecified atom stereocenters. The second-order valence-electron chi connectivity index (χ2n) is 6.43. The number of hydrogen-bond donors (Lipinski definition) is 1. The fourth-order valence-electron chi connectivity index (χ4n) is 2.91. The zero-order valence-electron chi connectivity index (χ0n) is 12.0. The van der Waals surface area contributed by atoms with Crippen molar-refractivity contribution in [1.82, 2.24) is 9.80 Å². The third-order valence-corrected chi connectivity index (χ3v) is 4.83. The molecule has 2 N–H and O–H groups in total. The van der Waals surface area contributed by atoms with E-state index in [1.165, 1.54) is 32.1 Å². The molecule has 0 bridgehead atoms. The van der Waals surface area contributed by atoms with Gasteiger partial charge in [0.25, 0.3) is 0 Å². The lowest BCUT2D eigenvalue weighted by Gasteiger charge is -2.49. The molecule has 2 saturated carbocycles. The quantitative estimate of drug-likeness (QED) is 0.770. The Bertz CT molecular complexity index is 308. The van der Waals surface area contributed by atoms with E-state index in [0.717, 1.165) is 6.54 Å². The lowest BCUT2D eigenvalue weighted by atomic mass is 9.75. The second-order valence-corrected chi connectivity index (χ2v) is 6.43. The van der Waals surface area contributed by atoms with Crippen LogP contribution in [0.2, 0.25) is 0 Å². The molecule has 2 rings (SSSR count). The maximum absolute atomic E-state index is 12.2. The standard InChI is InChI=1S/C14H27N3O/c1-16(2)14(7-4-8-14)10-17(3)13(18)9-12(15)11-5-6-11/h11-12H,4-10,15H2,1-3H3. The third kappa shape index (κ3) is 2.86. The summed E-state index contributed by atoms with van der Waals surface area (Å²) >= 11 is 0. The number of carbonyl (C=O) groups is 1. The molecule has 4 nitrogen and oxygen atoms in total. The van der Waals surface area contributed by atoms with E-state index in [1.807, 2.05) is 11.9 Å². The van der Waals surface area contributed by atoms with Crippen LogP contribution in [0.1, 0.15) is 38.5 Å². The van der Waals surface area contributed by atoms with E-state index in [4.69, 9.17) is 5.73 Å². The first-order chi connectivity index (χ1) is 8.44. The van der Waals surface area contributed by atoms with Crippen molar-refractivity contribution in [2.24, 2.45) is 11.7 Å². The molecule has 0 heterocycles. The predicted molar refractivity (Wildman–Crippen MR) is 73.2 cm³/mol. The minimum Gasteiger partial charge on any atom is -0.344 e. The van der Waals surface area contributed by atoms with Crippen LogP contribution in [0.5, 0.6) is 0 Å². The average Bonchev–Trinajstić information content (AvgIpc) is 3.05. The minimum absolute atomic E-state index is 0.0802. The number of amides is 1. The van der Waals surface area contributed by atoms with Gasteiger partial charge in [-0.3, -0.25) is 4.79 Å². The normalized spacial score (nSPS) is 23.6. The lowest BCUT2D eigenvalue weighted by Crippen LogP contribution is -2.57. The monoisotopic (exact) mass is 253 g/mol. The van der Waals surface area contributed by atoms with Crippen LogP contribution in [0.4, 0.5) is 0 Å². The lowest BCUT2D eigenvalue weighted by molar-refractivity contribution is -0.133. The molecule has 2 aliphatic carbocycles. The van der Waals surface area contributed by atoms with Crippen molar-refractivity contribution in [3.8, 4) is 0 Å². The summed E-state index contributed by atoms with van der Waals surface area (Å²) in [5.41, 5.74) is 6.25. The molecule has 0 aromatic rings. The van der Waals surface area contributed by atoms with E-state index in [9.17, 15) is 4.79 Å². The Balaban J connectivity index is 1.82. The van der Waals surface area contributed by atoms with Gasteiger partial charge in [0.15, 0.2) is 0 Å². The molecule has 2 fully saturated rings. The van der Waals surface area contributed by atoms with Gasteiger partial charge in [0.1, 0.15) is 0 Å². The molecule has 0 saturated heterocycles. The number of hydrogen-bond acceptors (Lipinski definition) is 3. The molecule has 1 atom stereocenters. The van der Waals surface area contributed by atoms with E-state index < -0.39 is 0 Å². The molecule has 0 aromatic heterocycles. The molecule has 0 aliphatic heterocycles. The molecular weight excluding hydrogens is 226 g/mol. The SMILES string of the molecule is CN(CC1(N(C)C)CCC1)C(=O)CC(N)C1CC1. The summed E-state index contributed by atoms with van der Waals surface area (Å²) in [4.78, 5) is 16.3. The highest BCUT2D eigenvalue weighted by Crippen LogP contribution is 2.37. The van der Waals surface area contributed by atoms with Gasteiger partial charge in [-0.05, 0) is 52.1 Å². The van der Waals surface area contributed by atoms with Gasteiger partial charge in [-0.25, -0.2) is 0 Å². The zero-order valence-corrected chi connectivity index (χ0v) is 12.0. The van der Waals surface area contributed by atoms with Crippen molar-refractivity contribution in [3.05, 3.63) is 0 Å². The highest BCUT2D eigenvalue weighted by atomic mass is 16.2. The average molecular weight is 253 g/mol. The van der Waals surface area contributed by atoms with Gasteiger partial charge < -0.3 is 15.5 Å². The predicted octanol–water partition coefficient (Wildman–Crippen LogP) is 1.06. The Morgan fingerprint density at radius 1 is 1.33 bits per heavy atom. The van der Waals surface area contributed by atoms with Crippen molar-refractivity contribution in [1.29, 1.82) is 0 Å². The van der Waals surface area contributed by atoms with Gasteiger partial charge in [0, 0.05) is 31.6 Å². The summed E-state index contributed by atoms with van der Waals surface area (Å²) in [5, 5.41) is 0. The Labute approximate surface area is 110 Å². The van der Waals surface area contributed by atoms with Gasteiger partial charge in [0.05, 0.1) is 0 Å². The first-order valence-corrected chi connectivity index (χ1v) is 7.11. The maximum atomic E-state index is 12.2. The largest absolute Gasteiger partial charge is 0.344 e. The van der Waals surface area contributed by atoms with Crippen LogP contribution in [0.3, 0.4) is 0 Å². The van der Waals surface area contributed by atoms with Crippen molar-refractivity contribution in [2.45, 2.75) is 50.1 Å². The second kappa shape index (κ2) is 5.17. The van der Waals surface area contributed by atoms with Crippen LogP contribution in [0, 0.1) is 5.92 Å². The van der Waals surface area contributed by atoms with Gasteiger partial charge >= 0.3 is 0 Å². The molecule has 0 spiro atoms. The molecular formula is C14H27N3O. The van der Waals surface area contributed by atoms with Crippen LogP contribution in [-0.2, 0) is 4.79 Å². The highest BCUT2D eigenvalue weighted by Gasteiger charge is 2.41. The van der Waals surface area contributed by atoms with E-state index >= 15 is 0 Å². The first kappa shape index (κ1) is 13.8. The number of nitrogens with two attached hydrogens (primary N) is 1. The van der Waals surface area contributed by atoms with Gasteiger partial charge in [-0.2, -0.15) is 0 Å². The number of nitrogens with zero attached hydrogens (tertiary/aromatic N) is 2. The Morgan fingerprint density at radius 3 is 2.33 bits per heavy atom. The highest BCUT2D eigenvalue weighted by molar-refractivity contribution is 5.76. The van der Waals surface area contributed by atoms with Crippen LogP contribution in [0.15, 0.2) is 0 Å². The molecule has 1 amide bonds. The molecule has 0 aromatic carbocycles. The Kier molecular flexibility index (Phi) is 3.97. The summed E-state index contributed by atoms with van der Waals surface area (Å²) in [6.07, 6.45) is 6.62. The fraction of sp³-hybridized carbons (Fsp3) is 0.929. The van der Waals surface area contributed by atoms with Crippen LogP contribution in [0.25, 0.3) is 0 Å². The smallest absolute Gasteiger partial charge is 0.223 e. The van der Waals surface area contributed by atoms with E-state index in [-0.39, 0.29) is 17.5 Å². The van der Waals surface area contributed by atoms with Gasteiger partial charge in [-0.15, -0.1) is 0 Å². The summed E-state index contributed by atoms with van der Waals surface area (Å²) in [6.45, 7) is 0.843. The summed E-state index contributed by atoms with van der Waals surface area (Å²) in [7, 11) is 6.16. The Hall–Kier alpha value is -0.610. The van der Waals surface area contributed by atoms with E-state index in [2.05, 4.69) is 19.0 Å². The Morgan fingerprint density at radius 2 is 1.94 bits per heavy atom. The number of likely N-dealkylation sites (N-methyl/N-ethyl adjacent to an activating group) is 2. The van der Waals surface area contributed by atoms with Crippen LogP contribution in [-0.4, -0.2) is 55.0 Å². The zero-order chi connectivity index (χ0) is 13.3. The first-order valence-electron chi connectivity index (χ1n) is 7.11. The molecule has 4 heteroatoms. The summed E-state index contributed by atoms with van der Waals surface area (Å²) in [6, 6.07) is 0.0802. The summed E-state index contributed by atoms with van der Waals surface area (Å²) in [5.74, 6) is 0.816. The van der Waals surface area contributed by atoms with Gasteiger partial charge in [-0.1, -0.05) is 0 Å². The third-order valence-electron chi connectivity index (χ3n) is 4.83. The van der Waals surface area contributed by atoms with Crippen LogP contribution >= 0.6 is 0 Å². The maximum Gasteiger partial charge on any atom is 0.223 e. The van der Waals surface area contributed by atoms with Gasteiger partial charge in [0.2, 0.25) is 5.91 Å². The molecule has 104 valence electrons. The van der Waals surface area contributed by atoms with Crippen LogP contribution < -0.4 is 5.73 Å². The number of rotatable bonds is 6. The van der Waals surface area contributed by atoms with Crippen molar-refractivity contribution in [3.63, 3.8) is 0 Å². The van der Waals surface area contributed by atoms with Crippen molar-refractivity contribution >= 4 is 5.91 Å². The number of carbonyl (C=O) groups excluding carboxylic acids is 1. The summed E-state index contributed by atoms with van der Waals surface area (Å²) < 4.78 is 0. The van der Waals surface area contributed by atoms with E-state index in [1.54, 1.807) is 0 Å². The van der Waals surface area contributed by atoms with Crippen molar-refractivity contribution in [2.75, 3.05) is 27.7 Å².